The number of allylic oxidation sites excluding steroid dienone is 4. The van der Waals surface area contributed by atoms with Crippen molar-refractivity contribution in [1.29, 1.82) is 0 Å². The van der Waals surface area contributed by atoms with Crippen molar-refractivity contribution in [3.05, 3.63) is 131 Å². The zero-order chi connectivity index (χ0) is 26.7. The zero-order valence-electron chi connectivity index (χ0n) is 23.4. The van der Waals surface area contributed by atoms with E-state index in [2.05, 4.69) is 154 Å². The maximum Gasteiger partial charge on any atom is 0.209 e. The van der Waals surface area contributed by atoms with Crippen LogP contribution in [0.1, 0.15) is 43.0 Å². The molecule has 0 bridgehead atoms. The number of fused-ring (bicyclic) bond motifs is 4. The number of hydrogen-bond donors (Lipinski definition) is 0. The predicted molar refractivity (Wildman–Crippen MR) is 162 cm³/mol. The third kappa shape index (κ3) is 3.66. The summed E-state index contributed by atoms with van der Waals surface area (Å²) >= 11 is 0. The molecule has 2 aliphatic rings. The van der Waals surface area contributed by atoms with Gasteiger partial charge in [-0.05, 0) is 68.2 Å². The molecule has 4 aromatic carbocycles. The fourth-order valence-electron chi connectivity index (χ4n) is 6.87. The molecule has 38 heavy (non-hydrogen) atoms. The highest BCUT2D eigenvalue weighted by Gasteiger charge is 2.44. The first kappa shape index (κ1) is 24.4. The summed E-state index contributed by atoms with van der Waals surface area (Å²) in [6.07, 6.45) is 7.88. The summed E-state index contributed by atoms with van der Waals surface area (Å²) in [6, 6.07) is 31.2. The molecule has 0 saturated carbocycles. The molecule has 1 atom stereocenters. The highest BCUT2D eigenvalue weighted by atomic mass is 15.2. The molecule has 0 N–H and O–H groups in total. The minimum atomic E-state index is -0.157. The molecular formula is C36H37N2+. The Morgan fingerprint density at radius 3 is 2.32 bits per heavy atom. The van der Waals surface area contributed by atoms with Gasteiger partial charge in [-0.1, -0.05) is 84.4 Å². The monoisotopic (exact) mass is 497 g/mol. The minimum absolute atomic E-state index is 0.0354. The third-order valence-electron chi connectivity index (χ3n) is 8.87. The topological polar surface area (TPSA) is 6.25 Å². The average molecular weight is 498 g/mol. The summed E-state index contributed by atoms with van der Waals surface area (Å²) in [5, 5.41) is 2.65. The fourth-order valence-corrected chi connectivity index (χ4v) is 6.87. The Balaban J connectivity index is 1.47. The molecule has 0 saturated heterocycles. The van der Waals surface area contributed by atoms with Crippen LogP contribution in [0.5, 0.6) is 0 Å². The Kier molecular flexibility index (Phi) is 5.68. The van der Waals surface area contributed by atoms with Crippen LogP contribution in [0, 0.1) is 6.92 Å². The van der Waals surface area contributed by atoms with Gasteiger partial charge in [0, 0.05) is 41.6 Å². The number of aryl methyl sites for hydroxylation is 1. The first-order chi connectivity index (χ1) is 18.2. The van der Waals surface area contributed by atoms with Gasteiger partial charge in [-0.2, -0.15) is 4.58 Å². The van der Waals surface area contributed by atoms with Crippen molar-refractivity contribution in [2.75, 3.05) is 19.0 Å². The maximum atomic E-state index is 2.43. The molecule has 190 valence electrons. The standard InChI is InChI=1S/C36H37N2/c1-25-18-20-26(21-19-25)24-36(4)33(38(6)31-23-22-27-12-7-8-13-28(27)34(31)36)17-11-16-32-35(2,3)29-14-9-10-15-30(29)37(32)5/h7-23H,24H2,1-6H3/q+1. The third-order valence-corrected chi connectivity index (χ3v) is 8.87. The second-order valence-corrected chi connectivity index (χ2v) is 11.7. The van der Waals surface area contributed by atoms with E-state index in [0.717, 1.165) is 6.42 Å². The van der Waals surface area contributed by atoms with Crippen molar-refractivity contribution in [3.63, 3.8) is 0 Å². The smallest absolute Gasteiger partial charge is 0.209 e. The van der Waals surface area contributed by atoms with Crippen LogP contribution in [0.2, 0.25) is 0 Å². The van der Waals surface area contributed by atoms with Crippen LogP contribution in [0.15, 0.2) is 109 Å². The predicted octanol–water partition coefficient (Wildman–Crippen LogP) is 8.24. The van der Waals surface area contributed by atoms with E-state index in [4.69, 9.17) is 0 Å². The summed E-state index contributed by atoms with van der Waals surface area (Å²) in [5.41, 5.74) is 10.5. The lowest BCUT2D eigenvalue weighted by atomic mass is 9.74. The molecule has 0 aliphatic carbocycles. The molecule has 2 nitrogen and oxygen atoms in total. The van der Waals surface area contributed by atoms with Crippen LogP contribution in [0.25, 0.3) is 10.8 Å². The van der Waals surface area contributed by atoms with E-state index in [1.165, 1.54) is 55.8 Å². The van der Waals surface area contributed by atoms with Crippen molar-refractivity contribution in [3.8, 4) is 0 Å². The van der Waals surface area contributed by atoms with Crippen molar-refractivity contribution < 1.29 is 4.58 Å². The minimum Gasteiger partial charge on any atom is -0.347 e. The molecule has 0 fully saturated rings. The molecular weight excluding hydrogens is 460 g/mol. The van der Waals surface area contributed by atoms with Gasteiger partial charge in [0.05, 0.1) is 5.41 Å². The maximum absolute atomic E-state index is 2.43. The highest BCUT2D eigenvalue weighted by molar-refractivity contribution is 6.03. The van der Waals surface area contributed by atoms with Gasteiger partial charge in [-0.3, -0.25) is 0 Å². The van der Waals surface area contributed by atoms with E-state index >= 15 is 0 Å². The summed E-state index contributed by atoms with van der Waals surface area (Å²) in [4.78, 5) is 2.41. The molecule has 0 radical (unpaired) electrons. The van der Waals surface area contributed by atoms with Crippen LogP contribution < -0.4 is 4.90 Å². The number of hydrogen-bond acceptors (Lipinski definition) is 1. The molecule has 0 spiro atoms. The molecule has 4 aromatic rings. The van der Waals surface area contributed by atoms with Crippen LogP contribution >= 0.6 is 0 Å². The second kappa shape index (κ2) is 8.84. The van der Waals surface area contributed by atoms with Crippen molar-refractivity contribution in [1.82, 2.24) is 0 Å². The first-order valence-corrected chi connectivity index (χ1v) is 13.6. The van der Waals surface area contributed by atoms with Crippen molar-refractivity contribution in [2.24, 2.45) is 0 Å². The van der Waals surface area contributed by atoms with Crippen LogP contribution in [0.4, 0.5) is 11.4 Å². The van der Waals surface area contributed by atoms with Crippen molar-refractivity contribution >= 4 is 27.9 Å². The Morgan fingerprint density at radius 2 is 1.55 bits per heavy atom. The van der Waals surface area contributed by atoms with Gasteiger partial charge in [0.1, 0.15) is 7.05 Å². The second-order valence-electron chi connectivity index (χ2n) is 11.7. The summed E-state index contributed by atoms with van der Waals surface area (Å²) in [7, 11) is 4.41. The quantitative estimate of drug-likeness (QED) is 0.257. The lowest BCUT2D eigenvalue weighted by Gasteiger charge is -2.29. The largest absolute Gasteiger partial charge is 0.347 e. The van der Waals surface area contributed by atoms with Crippen LogP contribution in [0.3, 0.4) is 0 Å². The van der Waals surface area contributed by atoms with Gasteiger partial charge in [0.25, 0.3) is 0 Å². The van der Waals surface area contributed by atoms with Gasteiger partial charge in [0.15, 0.2) is 5.71 Å². The molecule has 2 heteroatoms. The Hall–Kier alpha value is -3.91. The molecule has 1 unspecified atom stereocenters. The number of rotatable bonds is 4. The van der Waals surface area contributed by atoms with Gasteiger partial charge in [-0.25, -0.2) is 0 Å². The zero-order valence-corrected chi connectivity index (χ0v) is 23.4. The number of para-hydroxylation sites is 1. The van der Waals surface area contributed by atoms with Gasteiger partial charge >= 0.3 is 0 Å². The lowest BCUT2D eigenvalue weighted by molar-refractivity contribution is -0.401. The van der Waals surface area contributed by atoms with Gasteiger partial charge in [-0.15, -0.1) is 0 Å². The first-order valence-electron chi connectivity index (χ1n) is 13.6. The molecule has 6 rings (SSSR count). The number of anilines is 1. The molecule has 2 aliphatic heterocycles. The Bertz CT molecular complexity index is 1650. The molecule has 0 amide bonds. The number of benzene rings is 4. The summed E-state index contributed by atoms with van der Waals surface area (Å²) in [6.45, 7) is 9.24. The molecule has 2 heterocycles. The Labute approximate surface area is 227 Å². The lowest BCUT2D eigenvalue weighted by Crippen LogP contribution is -2.29. The fraction of sp³-hybridized carbons (Fsp3) is 0.250. The van der Waals surface area contributed by atoms with Gasteiger partial charge < -0.3 is 4.90 Å². The van der Waals surface area contributed by atoms with Crippen molar-refractivity contribution in [2.45, 2.75) is 44.9 Å². The normalized spacial score (nSPS) is 21.1. The van der Waals surface area contributed by atoms with E-state index < -0.39 is 0 Å². The Morgan fingerprint density at radius 1 is 0.842 bits per heavy atom. The van der Waals surface area contributed by atoms with Crippen LogP contribution in [-0.2, 0) is 17.3 Å². The number of likely N-dealkylation sites (N-methyl/N-ethyl adjacent to an activating group) is 1. The number of nitrogens with zero attached hydrogens (tertiary/aromatic N) is 2. The van der Waals surface area contributed by atoms with E-state index in [1.54, 1.807) is 0 Å². The van der Waals surface area contributed by atoms with E-state index in [-0.39, 0.29) is 10.8 Å². The van der Waals surface area contributed by atoms with Crippen LogP contribution in [-0.4, -0.2) is 24.4 Å². The highest BCUT2D eigenvalue weighted by Crippen LogP contribution is 2.52. The van der Waals surface area contributed by atoms with Gasteiger partial charge in [0.2, 0.25) is 5.69 Å². The summed E-state index contributed by atoms with van der Waals surface area (Å²) in [5.74, 6) is 0. The van der Waals surface area contributed by atoms with E-state index in [9.17, 15) is 0 Å². The van der Waals surface area contributed by atoms with E-state index in [0.29, 0.717) is 0 Å². The SMILES string of the molecule is Cc1ccc(CC2(C)C(=CC=CC3=[N+](C)c4ccccc4C3(C)C)N(C)c3ccc4ccccc4c32)cc1. The summed E-state index contributed by atoms with van der Waals surface area (Å²) < 4.78 is 2.34. The average Bonchev–Trinajstić information content (AvgIpc) is 3.25. The van der Waals surface area contributed by atoms with E-state index in [1.807, 2.05) is 0 Å². The molecule has 0 aromatic heterocycles.